The van der Waals surface area contributed by atoms with Crippen LogP contribution in [0.5, 0.6) is 11.6 Å². The number of para-hydroxylation sites is 2. The van der Waals surface area contributed by atoms with Gasteiger partial charge in [-0.3, -0.25) is 9.85 Å². The zero-order valence-corrected chi connectivity index (χ0v) is 21.6. The molecule has 0 bridgehead atoms. The number of urea groups is 1. The molecule has 0 spiro atoms. The minimum Gasteiger partial charge on any atom is -0.438 e. The van der Waals surface area contributed by atoms with Gasteiger partial charge in [-0.25, -0.2) is 14.8 Å². The number of allylic oxidation sites excluding steroid dienone is 1. The van der Waals surface area contributed by atoms with Gasteiger partial charge < -0.3 is 15.4 Å². The van der Waals surface area contributed by atoms with Crippen molar-refractivity contribution in [2.45, 2.75) is 20.8 Å². The maximum Gasteiger partial charge on any atom is 0.323 e. The number of anilines is 3. The summed E-state index contributed by atoms with van der Waals surface area (Å²) in [7, 11) is 1.58. The molecule has 5 rings (SSSR count). The van der Waals surface area contributed by atoms with Gasteiger partial charge in [0, 0.05) is 28.5 Å². The second-order valence-electron chi connectivity index (χ2n) is 9.61. The number of carbonyl (C=O) groups excluding carboxylic acids is 1. The van der Waals surface area contributed by atoms with Gasteiger partial charge in [0.2, 0.25) is 5.88 Å². The highest BCUT2D eigenvalue weighted by Gasteiger charge is 2.32. The lowest BCUT2D eigenvalue weighted by molar-refractivity contribution is -0.121. The number of amides is 2. The van der Waals surface area contributed by atoms with Crippen LogP contribution in [0.25, 0.3) is 10.8 Å². The Kier molecular flexibility index (Phi) is 6.82. The highest BCUT2D eigenvalue weighted by molar-refractivity contribution is 6.08. The van der Waals surface area contributed by atoms with Gasteiger partial charge >= 0.3 is 6.03 Å². The fraction of sp³-hybridized carbons (Fsp3) is 0.179. The SMILES string of the molecule is CON1C=C(C(C)(C)C)N(c2ccccc2NC(=O)Nc2ccc(Oc3ccncn3)c3ccccc23)N1. The molecule has 0 saturated carbocycles. The number of ether oxygens (including phenoxy) is 1. The molecule has 3 N–H and O–H groups in total. The van der Waals surface area contributed by atoms with E-state index in [2.05, 4.69) is 46.9 Å². The average Bonchev–Trinajstić information content (AvgIpc) is 3.36. The van der Waals surface area contributed by atoms with Crippen LogP contribution in [0.4, 0.5) is 21.9 Å². The Labute approximate surface area is 220 Å². The molecule has 0 fully saturated rings. The Hall–Kier alpha value is -4.67. The van der Waals surface area contributed by atoms with Gasteiger partial charge in [0.1, 0.15) is 12.1 Å². The van der Waals surface area contributed by atoms with Crippen molar-refractivity contribution in [2.24, 2.45) is 5.41 Å². The minimum atomic E-state index is -0.379. The highest BCUT2D eigenvalue weighted by atomic mass is 16.7. The number of hydrogen-bond acceptors (Lipinski definition) is 8. The lowest BCUT2D eigenvalue weighted by Gasteiger charge is -2.31. The van der Waals surface area contributed by atoms with Crippen molar-refractivity contribution in [1.82, 2.24) is 20.7 Å². The lowest BCUT2D eigenvalue weighted by Crippen LogP contribution is -2.42. The Bertz CT molecular complexity index is 1490. The summed E-state index contributed by atoms with van der Waals surface area (Å²) in [6, 6.07) is 20.2. The van der Waals surface area contributed by atoms with E-state index in [-0.39, 0.29) is 11.4 Å². The summed E-state index contributed by atoms with van der Waals surface area (Å²) in [5.74, 6) is 1.06. The smallest absolute Gasteiger partial charge is 0.323 e. The monoisotopic (exact) mass is 511 g/mol. The summed E-state index contributed by atoms with van der Waals surface area (Å²) < 4.78 is 5.96. The van der Waals surface area contributed by atoms with Gasteiger partial charge in [0.05, 0.1) is 36.1 Å². The second-order valence-corrected chi connectivity index (χ2v) is 9.61. The van der Waals surface area contributed by atoms with E-state index in [0.717, 1.165) is 22.2 Å². The number of rotatable bonds is 6. The number of nitrogens with zero attached hydrogens (tertiary/aromatic N) is 4. The van der Waals surface area contributed by atoms with Crippen LogP contribution in [0.15, 0.2) is 91.2 Å². The number of hydroxylamine groups is 1. The number of hydrazine groups is 2. The molecule has 0 radical (unpaired) electrons. The molecule has 3 aromatic carbocycles. The maximum absolute atomic E-state index is 13.2. The van der Waals surface area contributed by atoms with Gasteiger partial charge in [-0.2, -0.15) is 5.17 Å². The van der Waals surface area contributed by atoms with Crippen molar-refractivity contribution in [2.75, 3.05) is 22.8 Å². The van der Waals surface area contributed by atoms with Crippen molar-refractivity contribution in [3.8, 4) is 11.6 Å². The number of carbonyl (C=O) groups is 1. The van der Waals surface area contributed by atoms with E-state index >= 15 is 0 Å². The third-order valence-electron chi connectivity index (χ3n) is 5.94. The van der Waals surface area contributed by atoms with E-state index in [9.17, 15) is 4.79 Å². The number of hydrogen-bond donors (Lipinski definition) is 3. The number of nitrogens with one attached hydrogen (secondary N) is 3. The predicted molar refractivity (Wildman–Crippen MR) is 147 cm³/mol. The molecule has 10 heteroatoms. The highest BCUT2D eigenvalue weighted by Crippen LogP contribution is 2.38. The molecule has 2 amide bonds. The molecular formula is C28H29N7O3. The standard InChI is InChI=1S/C28H29N7O3/c1-28(2,3)25-17-34(37-4)33-35(25)23-12-8-7-11-22(23)32-27(36)31-21-13-14-24(20-10-6-5-9-19(20)21)38-26-15-16-29-18-30-26/h5-18,33H,1-4H3,(H2,31,32,36). The van der Waals surface area contributed by atoms with Gasteiger partial charge in [-0.15, -0.1) is 5.53 Å². The Morgan fingerprint density at radius 2 is 1.66 bits per heavy atom. The number of aromatic nitrogens is 2. The first-order valence-corrected chi connectivity index (χ1v) is 12.1. The zero-order valence-electron chi connectivity index (χ0n) is 21.6. The zero-order chi connectivity index (χ0) is 26.7. The second kappa shape index (κ2) is 10.4. The summed E-state index contributed by atoms with van der Waals surface area (Å²) in [4.78, 5) is 26.6. The van der Waals surface area contributed by atoms with Crippen molar-refractivity contribution in [3.05, 3.63) is 91.2 Å². The summed E-state index contributed by atoms with van der Waals surface area (Å²) in [5.41, 5.74) is 6.00. The van der Waals surface area contributed by atoms with Gasteiger partial charge in [-0.1, -0.05) is 57.2 Å². The third-order valence-corrected chi connectivity index (χ3v) is 5.94. The molecule has 4 aromatic rings. The Balaban J connectivity index is 1.39. The van der Waals surface area contributed by atoms with E-state index in [1.54, 1.807) is 19.4 Å². The molecule has 2 heterocycles. The van der Waals surface area contributed by atoms with Crippen LogP contribution in [0.2, 0.25) is 0 Å². The molecule has 0 saturated heterocycles. The number of fused-ring (bicyclic) bond motifs is 1. The van der Waals surface area contributed by atoms with E-state index < -0.39 is 0 Å². The van der Waals surface area contributed by atoms with Crippen LogP contribution in [0.3, 0.4) is 0 Å². The molecule has 0 unspecified atom stereocenters. The first kappa shape index (κ1) is 25.0. The number of benzene rings is 3. The van der Waals surface area contributed by atoms with Crippen molar-refractivity contribution in [1.29, 1.82) is 0 Å². The lowest BCUT2D eigenvalue weighted by atomic mass is 9.92. The molecule has 0 atom stereocenters. The quantitative estimate of drug-likeness (QED) is 0.287. The summed E-state index contributed by atoms with van der Waals surface area (Å²) in [6.07, 6.45) is 4.93. The minimum absolute atomic E-state index is 0.190. The average molecular weight is 512 g/mol. The van der Waals surface area contributed by atoms with E-state index in [4.69, 9.17) is 9.57 Å². The van der Waals surface area contributed by atoms with Crippen LogP contribution >= 0.6 is 0 Å². The summed E-state index contributed by atoms with van der Waals surface area (Å²) in [5, 5.41) is 11.1. The normalized spacial score (nSPS) is 13.4. The van der Waals surface area contributed by atoms with Crippen LogP contribution in [-0.2, 0) is 4.84 Å². The van der Waals surface area contributed by atoms with Crippen LogP contribution in [-0.4, -0.2) is 28.3 Å². The Morgan fingerprint density at radius 1 is 0.921 bits per heavy atom. The topological polar surface area (TPSA) is 104 Å². The fourth-order valence-corrected chi connectivity index (χ4v) is 4.13. The molecule has 194 valence electrons. The third kappa shape index (κ3) is 5.22. The largest absolute Gasteiger partial charge is 0.438 e. The van der Waals surface area contributed by atoms with Crippen LogP contribution in [0.1, 0.15) is 20.8 Å². The van der Waals surface area contributed by atoms with E-state index in [0.29, 0.717) is 23.0 Å². The van der Waals surface area contributed by atoms with Gasteiger partial charge in [-0.05, 0) is 24.3 Å². The van der Waals surface area contributed by atoms with Crippen molar-refractivity contribution in [3.63, 3.8) is 0 Å². The molecule has 1 aliphatic heterocycles. The van der Waals surface area contributed by atoms with Crippen molar-refractivity contribution < 1.29 is 14.4 Å². The van der Waals surface area contributed by atoms with E-state index in [1.165, 1.54) is 11.5 Å². The molecule has 38 heavy (non-hydrogen) atoms. The summed E-state index contributed by atoms with van der Waals surface area (Å²) in [6.45, 7) is 6.33. The van der Waals surface area contributed by atoms with E-state index in [1.807, 2.05) is 71.9 Å². The molecule has 1 aliphatic rings. The molecule has 0 aliphatic carbocycles. The van der Waals surface area contributed by atoms with Crippen LogP contribution in [0, 0.1) is 5.41 Å². The molecule has 10 nitrogen and oxygen atoms in total. The maximum atomic E-state index is 13.2. The molecule has 1 aromatic heterocycles. The predicted octanol–water partition coefficient (Wildman–Crippen LogP) is 6.06. The Morgan fingerprint density at radius 3 is 2.39 bits per heavy atom. The fourth-order valence-electron chi connectivity index (χ4n) is 4.13. The first-order valence-electron chi connectivity index (χ1n) is 12.1. The van der Waals surface area contributed by atoms with Gasteiger partial charge in [0.15, 0.2) is 0 Å². The van der Waals surface area contributed by atoms with Crippen LogP contribution < -0.4 is 25.9 Å². The first-order chi connectivity index (χ1) is 18.3. The molecular weight excluding hydrogens is 482 g/mol. The van der Waals surface area contributed by atoms with Crippen molar-refractivity contribution >= 4 is 33.9 Å². The summed E-state index contributed by atoms with van der Waals surface area (Å²) >= 11 is 0. The van der Waals surface area contributed by atoms with Gasteiger partial charge in [0.25, 0.3) is 0 Å².